The van der Waals surface area contributed by atoms with Crippen molar-refractivity contribution in [2.24, 2.45) is 5.10 Å². The summed E-state index contributed by atoms with van der Waals surface area (Å²) in [5, 5.41) is 13.8. The molecule has 1 saturated heterocycles. The van der Waals surface area contributed by atoms with Crippen LogP contribution in [0.5, 0.6) is 0 Å². The lowest BCUT2D eigenvalue weighted by atomic mass is 9.95. The highest BCUT2D eigenvalue weighted by molar-refractivity contribution is 6.11. The number of aromatic amines is 1. The molecule has 27 heavy (non-hydrogen) atoms. The van der Waals surface area contributed by atoms with Crippen molar-refractivity contribution in [2.75, 3.05) is 6.54 Å². The number of rotatable bonds is 5. The molecule has 146 valence electrons. The van der Waals surface area contributed by atoms with Crippen molar-refractivity contribution >= 4 is 23.4 Å². The molecule has 1 aromatic heterocycles. The maximum Gasteiger partial charge on any atom is 0.274 e. The summed E-state index contributed by atoms with van der Waals surface area (Å²) in [7, 11) is 0. The van der Waals surface area contributed by atoms with Gasteiger partial charge < -0.3 is 10.2 Å². The van der Waals surface area contributed by atoms with Gasteiger partial charge in [0.05, 0.1) is 24.6 Å². The number of carbonyl (C=O) groups is 3. The molecule has 2 aliphatic heterocycles. The molecular weight excluding hydrogens is 348 g/mol. The Morgan fingerprint density at radius 3 is 2.74 bits per heavy atom. The Kier molecular flexibility index (Phi) is 5.57. The zero-order valence-electron chi connectivity index (χ0n) is 16.0. The smallest absolute Gasteiger partial charge is 0.274 e. The number of H-pyrrole nitrogens is 1. The van der Waals surface area contributed by atoms with Gasteiger partial charge in [-0.25, -0.2) is 5.43 Å². The molecule has 3 heterocycles. The second kappa shape index (κ2) is 7.89. The third-order valence-corrected chi connectivity index (χ3v) is 5.30. The minimum atomic E-state index is -0.201. The van der Waals surface area contributed by atoms with Crippen molar-refractivity contribution in [1.82, 2.24) is 25.8 Å². The highest BCUT2D eigenvalue weighted by Gasteiger charge is 2.34. The molecule has 0 radical (unpaired) electrons. The Bertz CT molecular complexity index is 784. The Morgan fingerprint density at radius 1 is 1.33 bits per heavy atom. The summed E-state index contributed by atoms with van der Waals surface area (Å²) in [6.07, 6.45) is 3.03. The number of hydrogen-bond acceptors (Lipinski definition) is 5. The summed E-state index contributed by atoms with van der Waals surface area (Å²) >= 11 is 0. The molecule has 2 unspecified atom stereocenters. The highest BCUT2D eigenvalue weighted by atomic mass is 16.2. The first-order valence-corrected chi connectivity index (χ1v) is 9.33. The molecule has 0 aliphatic carbocycles. The monoisotopic (exact) mass is 374 g/mol. The fourth-order valence-electron chi connectivity index (χ4n) is 3.65. The van der Waals surface area contributed by atoms with Crippen LogP contribution in [0.3, 0.4) is 0 Å². The Hall–Kier alpha value is -2.71. The van der Waals surface area contributed by atoms with Gasteiger partial charge in [-0.3, -0.25) is 19.5 Å². The average Bonchev–Trinajstić information content (AvgIpc) is 3.19. The fraction of sp³-hybridized carbons (Fsp3) is 0.611. The van der Waals surface area contributed by atoms with Gasteiger partial charge in [0.2, 0.25) is 11.8 Å². The average molecular weight is 374 g/mol. The van der Waals surface area contributed by atoms with Crippen LogP contribution in [0.15, 0.2) is 5.10 Å². The van der Waals surface area contributed by atoms with Crippen molar-refractivity contribution in [3.63, 3.8) is 0 Å². The SMILES string of the molecule is Cc1[nH]nc(C(=O)N2CCCCC2C(C)NC(=O)CC2=NNC(=O)C2)c1C. The van der Waals surface area contributed by atoms with Gasteiger partial charge >= 0.3 is 0 Å². The summed E-state index contributed by atoms with van der Waals surface area (Å²) in [4.78, 5) is 38.3. The van der Waals surface area contributed by atoms with Gasteiger partial charge in [-0.05, 0) is 40.0 Å². The van der Waals surface area contributed by atoms with E-state index in [2.05, 4.69) is 26.0 Å². The largest absolute Gasteiger partial charge is 0.351 e. The third kappa shape index (κ3) is 4.17. The molecule has 3 rings (SSSR count). The van der Waals surface area contributed by atoms with Crippen LogP contribution >= 0.6 is 0 Å². The molecule has 0 saturated carbocycles. The first kappa shape index (κ1) is 19.1. The summed E-state index contributed by atoms with van der Waals surface area (Å²) < 4.78 is 0. The van der Waals surface area contributed by atoms with Crippen LogP contribution in [0.25, 0.3) is 0 Å². The molecule has 0 aromatic carbocycles. The van der Waals surface area contributed by atoms with Crippen molar-refractivity contribution in [1.29, 1.82) is 0 Å². The van der Waals surface area contributed by atoms with Crippen molar-refractivity contribution in [3.05, 3.63) is 17.0 Å². The fourth-order valence-corrected chi connectivity index (χ4v) is 3.65. The zero-order chi connectivity index (χ0) is 19.6. The Labute approximate surface area is 158 Å². The van der Waals surface area contributed by atoms with E-state index in [1.54, 1.807) is 0 Å². The summed E-state index contributed by atoms with van der Waals surface area (Å²) in [6.45, 7) is 6.34. The van der Waals surface area contributed by atoms with Crippen LogP contribution < -0.4 is 10.7 Å². The molecule has 0 spiro atoms. The van der Waals surface area contributed by atoms with Gasteiger partial charge in [-0.1, -0.05) is 0 Å². The van der Waals surface area contributed by atoms with Crippen LogP contribution in [-0.4, -0.2) is 57.2 Å². The van der Waals surface area contributed by atoms with Gasteiger partial charge in [0.1, 0.15) is 0 Å². The number of hydrogen-bond donors (Lipinski definition) is 3. The van der Waals surface area contributed by atoms with E-state index in [1.807, 2.05) is 25.7 Å². The van der Waals surface area contributed by atoms with Gasteiger partial charge in [-0.15, -0.1) is 0 Å². The molecule has 1 aromatic rings. The number of aromatic nitrogens is 2. The first-order valence-electron chi connectivity index (χ1n) is 9.33. The number of hydrazone groups is 1. The number of likely N-dealkylation sites (tertiary alicyclic amines) is 1. The first-order chi connectivity index (χ1) is 12.9. The van der Waals surface area contributed by atoms with Gasteiger partial charge in [0.15, 0.2) is 5.69 Å². The molecular formula is C18H26N6O3. The van der Waals surface area contributed by atoms with Crippen molar-refractivity contribution in [3.8, 4) is 0 Å². The number of amides is 3. The van der Waals surface area contributed by atoms with E-state index in [-0.39, 0.29) is 42.6 Å². The van der Waals surface area contributed by atoms with E-state index in [4.69, 9.17) is 0 Å². The normalized spacial score (nSPS) is 20.9. The maximum atomic E-state index is 13.0. The standard InChI is InChI=1S/C18H26N6O3/c1-10-11(2)20-23-17(10)18(27)24-7-5-4-6-14(24)12(3)19-15(25)8-13-9-16(26)22-21-13/h12,14H,4-9H2,1-3H3,(H,19,25)(H,20,23)(H,22,26). The molecule has 2 aliphatic rings. The molecule has 3 amide bonds. The lowest BCUT2D eigenvalue weighted by Gasteiger charge is -2.39. The number of nitrogens with one attached hydrogen (secondary N) is 3. The van der Waals surface area contributed by atoms with E-state index in [9.17, 15) is 14.4 Å². The number of nitrogens with zero attached hydrogens (tertiary/aromatic N) is 3. The van der Waals surface area contributed by atoms with Crippen LogP contribution in [0.2, 0.25) is 0 Å². The van der Waals surface area contributed by atoms with Crippen LogP contribution in [0.1, 0.15) is 60.8 Å². The second-order valence-electron chi connectivity index (χ2n) is 7.31. The maximum absolute atomic E-state index is 13.0. The molecule has 0 bridgehead atoms. The van der Waals surface area contributed by atoms with E-state index < -0.39 is 0 Å². The van der Waals surface area contributed by atoms with Gasteiger partial charge in [-0.2, -0.15) is 10.2 Å². The topological polar surface area (TPSA) is 120 Å². The van der Waals surface area contributed by atoms with Crippen LogP contribution in [0, 0.1) is 13.8 Å². The van der Waals surface area contributed by atoms with E-state index >= 15 is 0 Å². The summed E-state index contributed by atoms with van der Waals surface area (Å²) in [5.74, 6) is -0.486. The number of aryl methyl sites for hydroxylation is 1. The Morgan fingerprint density at radius 2 is 2.11 bits per heavy atom. The minimum Gasteiger partial charge on any atom is -0.351 e. The molecule has 9 nitrogen and oxygen atoms in total. The van der Waals surface area contributed by atoms with E-state index in [0.717, 1.165) is 30.5 Å². The van der Waals surface area contributed by atoms with Crippen molar-refractivity contribution < 1.29 is 14.4 Å². The molecule has 1 fully saturated rings. The lowest BCUT2D eigenvalue weighted by Crippen LogP contribution is -2.54. The summed E-state index contributed by atoms with van der Waals surface area (Å²) in [5.41, 5.74) is 5.07. The van der Waals surface area contributed by atoms with Crippen LogP contribution in [0.4, 0.5) is 0 Å². The third-order valence-electron chi connectivity index (χ3n) is 5.30. The zero-order valence-corrected chi connectivity index (χ0v) is 16.0. The number of carbonyl (C=O) groups excluding carboxylic acids is 3. The van der Waals surface area contributed by atoms with Crippen molar-refractivity contribution in [2.45, 2.75) is 65.0 Å². The lowest BCUT2D eigenvalue weighted by molar-refractivity contribution is -0.121. The number of piperidine rings is 1. The van der Waals surface area contributed by atoms with E-state index in [0.29, 0.717) is 18.0 Å². The van der Waals surface area contributed by atoms with Gasteiger partial charge in [0, 0.05) is 23.8 Å². The minimum absolute atomic E-state index is 0.0847. The molecule has 2 atom stereocenters. The highest BCUT2D eigenvalue weighted by Crippen LogP contribution is 2.23. The van der Waals surface area contributed by atoms with E-state index in [1.165, 1.54) is 0 Å². The van der Waals surface area contributed by atoms with Crippen LogP contribution in [-0.2, 0) is 9.59 Å². The predicted octanol–water partition coefficient (Wildman–Crippen LogP) is 0.792. The van der Waals surface area contributed by atoms with Gasteiger partial charge in [0.25, 0.3) is 5.91 Å². The molecule has 3 N–H and O–H groups in total. The summed E-state index contributed by atoms with van der Waals surface area (Å²) in [6, 6.07) is -0.287. The Balaban J connectivity index is 1.65. The second-order valence-corrected chi connectivity index (χ2v) is 7.31. The molecule has 9 heteroatoms. The predicted molar refractivity (Wildman–Crippen MR) is 99.2 cm³/mol. The quantitative estimate of drug-likeness (QED) is 0.706.